The molecule has 1 aliphatic heterocycles. The minimum Gasteiger partial charge on any atom is -0.336 e. The summed E-state index contributed by atoms with van der Waals surface area (Å²) >= 11 is 0. The van der Waals surface area contributed by atoms with Crippen molar-refractivity contribution in [2.75, 3.05) is 13.1 Å². The molecule has 0 aliphatic carbocycles. The van der Waals surface area contributed by atoms with Crippen molar-refractivity contribution in [2.45, 2.75) is 18.9 Å². The van der Waals surface area contributed by atoms with Crippen LogP contribution in [0.4, 0.5) is 0 Å². The van der Waals surface area contributed by atoms with Crippen LogP contribution in [0.1, 0.15) is 29.2 Å². The summed E-state index contributed by atoms with van der Waals surface area (Å²) in [7, 11) is 0. The molecule has 0 spiro atoms. The van der Waals surface area contributed by atoms with E-state index >= 15 is 0 Å². The summed E-state index contributed by atoms with van der Waals surface area (Å²) in [6, 6.07) is 9.39. The van der Waals surface area contributed by atoms with Crippen LogP contribution in [0.15, 0.2) is 53.8 Å². The topological polar surface area (TPSA) is 71.0 Å². The Labute approximate surface area is 138 Å². The van der Waals surface area contributed by atoms with Gasteiger partial charge in [-0.1, -0.05) is 18.2 Å². The molecule has 122 valence electrons. The molecule has 2 aromatic heterocycles. The molecule has 1 unspecified atom stereocenters. The molecule has 1 saturated heterocycles. The lowest BCUT2D eigenvalue weighted by atomic mass is 10.0. The van der Waals surface area contributed by atoms with Crippen molar-refractivity contribution >= 4 is 16.8 Å². The zero-order valence-electron chi connectivity index (χ0n) is 13.2. The van der Waals surface area contributed by atoms with Gasteiger partial charge in [-0.3, -0.25) is 9.59 Å². The first kappa shape index (κ1) is 14.7. The first-order chi connectivity index (χ1) is 11.7. The lowest BCUT2D eigenvalue weighted by Gasteiger charge is -2.33. The lowest BCUT2D eigenvalue weighted by Crippen LogP contribution is -2.42. The Morgan fingerprint density at radius 1 is 1.29 bits per heavy atom. The Hall–Kier alpha value is -2.89. The second-order valence-corrected chi connectivity index (χ2v) is 6.16. The standard InChI is InChI=1S/C18H18N4O2/c23-17-15(10-13-4-1-2-6-16(13)20-17)18(24)21-8-3-5-14(11-21)22-9-7-19-12-22/h1-2,4,6-7,9-10,12,14H,3,5,8,11H2,(H,20,23). The molecular formula is C18H18N4O2. The number of H-pyrrole nitrogens is 1. The molecule has 4 rings (SSSR count). The predicted octanol–water partition coefficient (Wildman–Crippen LogP) is 2.20. The first-order valence-electron chi connectivity index (χ1n) is 8.11. The molecule has 1 aliphatic rings. The average molecular weight is 322 g/mol. The van der Waals surface area contributed by atoms with Crippen LogP contribution in [0.25, 0.3) is 10.9 Å². The maximum absolute atomic E-state index is 12.9. The van der Waals surface area contributed by atoms with E-state index in [1.807, 2.05) is 35.0 Å². The van der Waals surface area contributed by atoms with Crippen molar-refractivity contribution in [1.29, 1.82) is 0 Å². The predicted molar refractivity (Wildman–Crippen MR) is 91.0 cm³/mol. The molecule has 1 amide bonds. The van der Waals surface area contributed by atoms with E-state index in [2.05, 4.69) is 9.97 Å². The van der Waals surface area contributed by atoms with Gasteiger partial charge in [0.25, 0.3) is 11.5 Å². The summed E-state index contributed by atoms with van der Waals surface area (Å²) in [6.07, 6.45) is 7.37. The summed E-state index contributed by atoms with van der Waals surface area (Å²) in [4.78, 5) is 33.8. The summed E-state index contributed by atoms with van der Waals surface area (Å²) in [5.41, 5.74) is 0.623. The summed E-state index contributed by atoms with van der Waals surface area (Å²) < 4.78 is 2.03. The van der Waals surface area contributed by atoms with Crippen LogP contribution < -0.4 is 5.56 Å². The van der Waals surface area contributed by atoms with Crippen molar-refractivity contribution in [3.63, 3.8) is 0 Å². The molecule has 6 nitrogen and oxygen atoms in total. The third kappa shape index (κ3) is 2.60. The van der Waals surface area contributed by atoms with Crippen LogP contribution >= 0.6 is 0 Å². The van der Waals surface area contributed by atoms with E-state index in [0.29, 0.717) is 13.1 Å². The van der Waals surface area contributed by atoms with Crippen molar-refractivity contribution in [3.05, 3.63) is 65.0 Å². The molecule has 3 heterocycles. The largest absolute Gasteiger partial charge is 0.336 e. The van der Waals surface area contributed by atoms with E-state index in [4.69, 9.17) is 0 Å². The lowest BCUT2D eigenvalue weighted by molar-refractivity contribution is 0.0678. The molecular weight excluding hydrogens is 304 g/mol. The zero-order valence-corrected chi connectivity index (χ0v) is 13.2. The van der Waals surface area contributed by atoms with Crippen LogP contribution in [0.2, 0.25) is 0 Å². The van der Waals surface area contributed by atoms with E-state index < -0.39 is 0 Å². The van der Waals surface area contributed by atoms with E-state index in [1.54, 1.807) is 23.5 Å². The third-order valence-corrected chi connectivity index (χ3v) is 4.61. The number of hydrogen-bond acceptors (Lipinski definition) is 3. The van der Waals surface area contributed by atoms with Crippen LogP contribution in [-0.4, -0.2) is 38.4 Å². The number of benzene rings is 1. The maximum atomic E-state index is 12.9. The summed E-state index contributed by atoms with van der Waals surface area (Å²) in [6.45, 7) is 1.28. The molecule has 3 aromatic rings. The van der Waals surface area contributed by atoms with Crippen LogP contribution in [0, 0.1) is 0 Å². The van der Waals surface area contributed by atoms with Gasteiger partial charge in [0.15, 0.2) is 0 Å². The van der Waals surface area contributed by atoms with Gasteiger partial charge in [0.05, 0.1) is 12.4 Å². The molecule has 0 saturated carbocycles. The Bertz CT molecular complexity index is 930. The number of imidazole rings is 1. The Morgan fingerprint density at radius 3 is 3.00 bits per heavy atom. The van der Waals surface area contributed by atoms with Gasteiger partial charge < -0.3 is 14.5 Å². The van der Waals surface area contributed by atoms with E-state index in [0.717, 1.165) is 23.7 Å². The SMILES string of the molecule is O=C(c1cc2ccccc2[nH]c1=O)N1CCCC(n2ccnc2)C1. The number of rotatable bonds is 2. The second kappa shape index (κ2) is 5.96. The molecule has 6 heteroatoms. The number of amides is 1. The molecule has 0 bridgehead atoms. The minimum absolute atomic E-state index is 0.202. The second-order valence-electron chi connectivity index (χ2n) is 6.16. The fourth-order valence-corrected chi connectivity index (χ4v) is 3.34. The molecule has 1 N–H and O–H groups in total. The highest BCUT2D eigenvalue weighted by atomic mass is 16.2. The minimum atomic E-state index is -0.330. The van der Waals surface area contributed by atoms with Crippen molar-refractivity contribution in [2.24, 2.45) is 0 Å². The van der Waals surface area contributed by atoms with Gasteiger partial charge in [0, 0.05) is 31.0 Å². The van der Waals surface area contributed by atoms with Gasteiger partial charge in [-0.25, -0.2) is 4.98 Å². The maximum Gasteiger partial charge on any atom is 0.261 e. The van der Waals surface area contributed by atoms with Crippen molar-refractivity contribution in [3.8, 4) is 0 Å². The van der Waals surface area contributed by atoms with Gasteiger partial charge in [-0.15, -0.1) is 0 Å². The van der Waals surface area contributed by atoms with Crippen LogP contribution in [-0.2, 0) is 0 Å². The normalized spacial score (nSPS) is 18.0. The number of likely N-dealkylation sites (tertiary alicyclic amines) is 1. The molecule has 24 heavy (non-hydrogen) atoms. The van der Waals surface area contributed by atoms with Gasteiger partial charge in [0.1, 0.15) is 5.56 Å². The highest BCUT2D eigenvalue weighted by Gasteiger charge is 2.26. The van der Waals surface area contributed by atoms with Gasteiger partial charge in [-0.2, -0.15) is 0 Å². The number of carbonyl (C=O) groups excluding carboxylic acids is 1. The van der Waals surface area contributed by atoms with Crippen molar-refractivity contribution < 1.29 is 4.79 Å². The van der Waals surface area contributed by atoms with Crippen LogP contribution in [0.3, 0.4) is 0 Å². The van der Waals surface area contributed by atoms with Crippen molar-refractivity contribution in [1.82, 2.24) is 19.4 Å². The highest BCUT2D eigenvalue weighted by molar-refractivity contribution is 5.97. The van der Waals surface area contributed by atoms with Gasteiger partial charge in [-0.05, 0) is 30.4 Å². The van der Waals surface area contributed by atoms with E-state index in [-0.39, 0.29) is 23.1 Å². The Balaban J connectivity index is 1.63. The number of hydrogen-bond donors (Lipinski definition) is 1. The number of carbonyl (C=O) groups is 1. The Kier molecular flexibility index (Phi) is 3.65. The number of nitrogens with zero attached hydrogens (tertiary/aromatic N) is 3. The quantitative estimate of drug-likeness (QED) is 0.786. The molecule has 1 atom stereocenters. The highest BCUT2D eigenvalue weighted by Crippen LogP contribution is 2.22. The number of fused-ring (bicyclic) bond motifs is 1. The first-order valence-corrected chi connectivity index (χ1v) is 8.11. The number of para-hydroxylation sites is 1. The van der Waals surface area contributed by atoms with E-state index in [9.17, 15) is 9.59 Å². The summed E-state index contributed by atoms with van der Waals surface area (Å²) in [5, 5.41) is 0.864. The van der Waals surface area contributed by atoms with Crippen LogP contribution in [0.5, 0.6) is 0 Å². The van der Waals surface area contributed by atoms with E-state index in [1.165, 1.54) is 0 Å². The number of pyridine rings is 1. The van der Waals surface area contributed by atoms with Gasteiger partial charge in [0.2, 0.25) is 0 Å². The third-order valence-electron chi connectivity index (χ3n) is 4.61. The zero-order chi connectivity index (χ0) is 16.5. The van der Waals surface area contributed by atoms with Gasteiger partial charge >= 0.3 is 0 Å². The Morgan fingerprint density at radius 2 is 2.17 bits per heavy atom. The number of aromatic amines is 1. The summed E-state index contributed by atoms with van der Waals surface area (Å²) in [5.74, 6) is -0.202. The monoisotopic (exact) mass is 322 g/mol. The average Bonchev–Trinajstić information content (AvgIpc) is 3.15. The number of aromatic nitrogens is 3. The number of piperidine rings is 1. The fraction of sp³-hybridized carbons (Fsp3) is 0.278. The molecule has 1 aromatic carbocycles. The fourth-order valence-electron chi connectivity index (χ4n) is 3.34. The smallest absolute Gasteiger partial charge is 0.261 e. The molecule has 1 fully saturated rings. The number of nitrogens with one attached hydrogen (secondary N) is 1. The molecule has 0 radical (unpaired) electrons.